The van der Waals surface area contributed by atoms with Gasteiger partial charge in [0.2, 0.25) is 0 Å². The fraction of sp³-hybridized carbons (Fsp3) is 0.400. The summed E-state index contributed by atoms with van der Waals surface area (Å²) in [5.41, 5.74) is 3.66. The summed E-state index contributed by atoms with van der Waals surface area (Å²) in [5.74, 6) is 0.554. The molecular weight excluding hydrogens is 262 g/mol. The molecule has 0 bridgehead atoms. The Labute approximate surface area is 118 Å². The molecule has 2 aromatic rings. The van der Waals surface area contributed by atoms with Gasteiger partial charge in [-0.2, -0.15) is 0 Å². The molecule has 1 aromatic heterocycles. The molecule has 0 aliphatic rings. The lowest BCUT2D eigenvalue weighted by Gasteiger charge is -2.01. The first-order valence-electron chi connectivity index (χ1n) is 6.36. The van der Waals surface area contributed by atoms with E-state index in [1.165, 1.54) is 35.3 Å². The van der Waals surface area contributed by atoms with Gasteiger partial charge in [-0.3, -0.25) is 0 Å². The number of unbranched alkanes of at least 4 members (excludes halogenated alkanes) is 1. The maximum absolute atomic E-state index is 5.89. The Morgan fingerprint density at radius 2 is 1.94 bits per heavy atom. The van der Waals surface area contributed by atoms with Gasteiger partial charge in [0.1, 0.15) is 5.01 Å². The molecule has 96 valence electrons. The van der Waals surface area contributed by atoms with Crippen LogP contribution >= 0.6 is 22.9 Å². The van der Waals surface area contributed by atoms with Crippen molar-refractivity contribution in [1.82, 2.24) is 4.98 Å². The van der Waals surface area contributed by atoms with Gasteiger partial charge in [0.25, 0.3) is 0 Å². The van der Waals surface area contributed by atoms with Gasteiger partial charge in [0.05, 0.1) is 11.6 Å². The molecule has 0 saturated heterocycles. The number of hydrogen-bond acceptors (Lipinski definition) is 2. The van der Waals surface area contributed by atoms with Crippen molar-refractivity contribution in [3.05, 3.63) is 40.4 Å². The fourth-order valence-corrected chi connectivity index (χ4v) is 3.15. The third-order valence-electron chi connectivity index (χ3n) is 3.03. The Morgan fingerprint density at radius 1 is 1.22 bits per heavy atom. The van der Waals surface area contributed by atoms with Crippen LogP contribution in [0.4, 0.5) is 0 Å². The van der Waals surface area contributed by atoms with E-state index in [1.807, 2.05) is 6.92 Å². The minimum atomic E-state index is 0.554. The van der Waals surface area contributed by atoms with Gasteiger partial charge < -0.3 is 0 Å². The largest absolute Gasteiger partial charge is 0.241 e. The highest BCUT2D eigenvalue weighted by atomic mass is 35.5. The van der Waals surface area contributed by atoms with E-state index in [1.54, 1.807) is 11.3 Å². The first-order chi connectivity index (χ1) is 8.74. The van der Waals surface area contributed by atoms with Crippen molar-refractivity contribution in [1.29, 1.82) is 0 Å². The standard InChI is InChI=1S/C15H18ClNS/c1-3-4-5-12-6-8-13(9-7-12)15-17-11(2)14(10-16)18-15/h6-9H,3-5,10H2,1-2H3. The SMILES string of the molecule is CCCCc1ccc(-c2nc(C)c(CCl)s2)cc1. The zero-order valence-corrected chi connectivity index (χ0v) is 12.4. The average Bonchev–Trinajstić information content (AvgIpc) is 2.78. The van der Waals surface area contributed by atoms with Crippen LogP contribution in [-0.4, -0.2) is 4.98 Å². The molecule has 3 heteroatoms. The van der Waals surface area contributed by atoms with Crippen LogP contribution in [0, 0.1) is 6.92 Å². The summed E-state index contributed by atoms with van der Waals surface area (Å²) in [6.07, 6.45) is 3.67. The van der Waals surface area contributed by atoms with E-state index < -0.39 is 0 Å². The maximum atomic E-state index is 5.89. The summed E-state index contributed by atoms with van der Waals surface area (Å²) in [4.78, 5) is 5.75. The van der Waals surface area contributed by atoms with Crippen LogP contribution in [0.25, 0.3) is 10.6 Å². The fourth-order valence-electron chi connectivity index (χ4n) is 1.87. The van der Waals surface area contributed by atoms with Crippen molar-refractivity contribution < 1.29 is 0 Å². The first kappa shape index (κ1) is 13.6. The number of aromatic nitrogens is 1. The van der Waals surface area contributed by atoms with Crippen LogP contribution in [0.5, 0.6) is 0 Å². The van der Waals surface area contributed by atoms with Crippen molar-refractivity contribution in [2.75, 3.05) is 0 Å². The lowest BCUT2D eigenvalue weighted by molar-refractivity contribution is 0.795. The van der Waals surface area contributed by atoms with Gasteiger partial charge in [-0.15, -0.1) is 22.9 Å². The molecule has 1 nitrogen and oxygen atoms in total. The number of thiazole rings is 1. The lowest BCUT2D eigenvalue weighted by Crippen LogP contribution is -1.84. The van der Waals surface area contributed by atoms with Gasteiger partial charge in [0.15, 0.2) is 0 Å². The number of nitrogens with zero attached hydrogens (tertiary/aromatic N) is 1. The third kappa shape index (κ3) is 3.12. The summed E-state index contributed by atoms with van der Waals surface area (Å²) in [5, 5.41) is 1.07. The van der Waals surface area contributed by atoms with Gasteiger partial charge in [-0.1, -0.05) is 37.6 Å². The highest BCUT2D eigenvalue weighted by Crippen LogP contribution is 2.29. The second-order valence-corrected chi connectivity index (χ2v) is 5.81. The van der Waals surface area contributed by atoms with Crippen molar-refractivity contribution in [2.24, 2.45) is 0 Å². The molecule has 0 N–H and O–H groups in total. The van der Waals surface area contributed by atoms with Crippen LogP contribution in [0.3, 0.4) is 0 Å². The van der Waals surface area contributed by atoms with Gasteiger partial charge in [-0.05, 0) is 25.3 Å². The van der Waals surface area contributed by atoms with Gasteiger partial charge in [0, 0.05) is 10.4 Å². The lowest BCUT2D eigenvalue weighted by atomic mass is 10.1. The van der Waals surface area contributed by atoms with Crippen molar-refractivity contribution >= 4 is 22.9 Å². The van der Waals surface area contributed by atoms with E-state index in [-0.39, 0.29) is 0 Å². The summed E-state index contributed by atoms with van der Waals surface area (Å²) in [7, 11) is 0. The highest BCUT2D eigenvalue weighted by molar-refractivity contribution is 7.15. The summed E-state index contributed by atoms with van der Waals surface area (Å²) in [6, 6.07) is 8.76. The highest BCUT2D eigenvalue weighted by Gasteiger charge is 2.08. The molecule has 2 rings (SSSR count). The smallest absolute Gasteiger partial charge is 0.123 e. The van der Waals surface area contributed by atoms with Crippen molar-refractivity contribution in [3.63, 3.8) is 0 Å². The second-order valence-electron chi connectivity index (χ2n) is 4.46. The van der Waals surface area contributed by atoms with Crippen LogP contribution in [-0.2, 0) is 12.3 Å². The van der Waals surface area contributed by atoms with E-state index in [0.717, 1.165) is 10.7 Å². The summed E-state index contributed by atoms with van der Waals surface area (Å²) < 4.78 is 0. The number of aryl methyl sites for hydroxylation is 2. The molecule has 0 unspecified atom stereocenters. The molecule has 0 atom stereocenters. The number of alkyl halides is 1. The average molecular weight is 280 g/mol. The normalized spacial score (nSPS) is 10.8. The number of benzene rings is 1. The predicted octanol–water partition coefficient (Wildman–Crippen LogP) is 5.20. The molecule has 1 aromatic carbocycles. The third-order valence-corrected chi connectivity index (χ3v) is 4.67. The number of hydrogen-bond donors (Lipinski definition) is 0. The molecule has 18 heavy (non-hydrogen) atoms. The zero-order chi connectivity index (χ0) is 13.0. The molecule has 1 heterocycles. The zero-order valence-electron chi connectivity index (χ0n) is 10.9. The van der Waals surface area contributed by atoms with E-state index >= 15 is 0 Å². The molecule has 0 saturated carbocycles. The molecule has 0 amide bonds. The van der Waals surface area contributed by atoms with Gasteiger partial charge in [-0.25, -0.2) is 4.98 Å². The minimum Gasteiger partial charge on any atom is -0.241 e. The predicted molar refractivity (Wildman–Crippen MR) is 80.5 cm³/mol. The van der Waals surface area contributed by atoms with E-state index in [4.69, 9.17) is 11.6 Å². The second kappa shape index (κ2) is 6.35. The molecule has 0 aliphatic heterocycles. The van der Waals surface area contributed by atoms with Crippen molar-refractivity contribution in [2.45, 2.75) is 39.0 Å². The molecular formula is C15H18ClNS. The Kier molecular flexibility index (Phi) is 4.79. The minimum absolute atomic E-state index is 0.554. The summed E-state index contributed by atoms with van der Waals surface area (Å²) in [6.45, 7) is 4.24. The van der Waals surface area contributed by atoms with E-state index in [2.05, 4.69) is 36.2 Å². The van der Waals surface area contributed by atoms with Crippen LogP contribution in [0.1, 0.15) is 35.9 Å². The van der Waals surface area contributed by atoms with Crippen LogP contribution in [0.2, 0.25) is 0 Å². The van der Waals surface area contributed by atoms with Gasteiger partial charge >= 0.3 is 0 Å². The van der Waals surface area contributed by atoms with E-state index in [9.17, 15) is 0 Å². The quantitative estimate of drug-likeness (QED) is 0.686. The maximum Gasteiger partial charge on any atom is 0.123 e. The summed E-state index contributed by atoms with van der Waals surface area (Å²) >= 11 is 7.58. The van der Waals surface area contributed by atoms with E-state index in [0.29, 0.717) is 5.88 Å². The van der Waals surface area contributed by atoms with Crippen LogP contribution in [0.15, 0.2) is 24.3 Å². The molecule has 0 spiro atoms. The molecule has 0 radical (unpaired) electrons. The van der Waals surface area contributed by atoms with Crippen molar-refractivity contribution in [3.8, 4) is 10.6 Å². The Bertz CT molecular complexity index is 502. The molecule has 0 aliphatic carbocycles. The Balaban J connectivity index is 2.17. The number of rotatable bonds is 5. The monoisotopic (exact) mass is 279 g/mol. The molecule has 0 fully saturated rings. The topological polar surface area (TPSA) is 12.9 Å². The Hall–Kier alpha value is -0.860. The number of halogens is 1. The van der Waals surface area contributed by atoms with Crippen LogP contribution < -0.4 is 0 Å². The first-order valence-corrected chi connectivity index (χ1v) is 7.71. The Morgan fingerprint density at radius 3 is 2.50 bits per heavy atom.